The lowest BCUT2D eigenvalue weighted by Gasteiger charge is -2.23. The number of rotatable bonds is 9. The first-order valence-corrected chi connectivity index (χ1v) is 6.15. The van der Waals surface area contributed by atoms with Gasteiger partial charge in [0.05, 0.1) is 13.2 Å². The van der Waals surface area contributed by atoms with Gasteiger partial charge in [0.15, 0.2) is 0 Å². The van der Waals surface area contributed by atoms with Gasteiger partial charge < -0.3 is 9.47 Å². The Morgan fingerprint density at radius 2 is 1.47 bits per heavy atom. The van der Waals surface area contributed by atoms with Crippen LogP contribution in [-0.4, -0.2) is 57.8 Å². The first-order chi connectivity index (χ1) is 7.91. The van der Waals surface area contributed by atoms with Crippen LogP contribution in [0.25, 0.3) is 0 Å². The molecule has 0 atom stereocenters. The number of nitrogens with zero attached hydrogens (tertiary/aromatic N) is 1. The Hall–Kier alpha value is -0.450. The van der Waals surface area contributed by atoms with Crippen molar-refractivity contribution in [3.8, 4) is 0 Å². The molecule has 0 radical (unpaired) electrons. The molecule has 0 amide bonds. The number of Topliss-reactive ketones (excluding diaryl/α,β-unsaturated/α-hetero) is 1. The van der Waals surface area contributed by atoms with E-state index >= 15 is 0 Å². The van der Waals surface area contributed by atoms with Crippen molar-refractivity contribution in [2.45, 2.75) is 27.2 Å². The maximum Gasteiger partial charge on any atom is 0.139 e. The van der Waals surface area contributed by atoms with Gasteiger partial charge >= 0.3 is 0 Å². The zero-order valence-corrected chi connectivity index (χ0v) is 11.9. The number of ketones is 1. The highest BCUT2D eigenvalue weighted by atomic mass is 16.5. The first kappa shape index (κ1) is 16.6. The van der Waals surface area contributed by atoms with Gasteiger partial charge in [-0.15, -0.1) is 0 Å². The number of methoxy groups -OCH3 is 2. The van der Waals surface area contributed by atoms with Crippen LogP contribution < -0.4 is 0 Å². The smallest absolute Gasteiger partial charge is 0.139 e. The lowest BCUT2D eigenvalue weighted by molar-refractivity contribution is -0.126. The lowest BCUT2D eigenvalue weighted by Crippen LogP contribution is -2.34. The van der Waals surface area contributed by atoms with Crippen LogP contribution in [0, 0.1) is 5.41 Å². The van der Waals surface area contributed by atoms with E-state index in [-0.39, 0.29) is 5.41 Å². The van der Waals surface area contributed by atoms with E-state index in [0.717, 1.165) is 19.6 Å². The standard InChI is InChI=1S/C13H27NO3/c1-13(2,3)12(15)6-7-14(8-10-16-4)9-11-17-5/h6-11H2,1-5H3. The molecule has 102 valence electrons. The van der Waals surface area contributed by atoms with Crippen LogP contribution in [0.15, 0.2) is 0 Å². The van der Waals surface area contributed by atoms with E-state index in [1.165, 1.54) is 0 Å². The van der Waals surface area contributed by atoms with E-state index in [0.29, 0.717) is 25.4 Å². The fourth-order valence-electron chi connectivity index (χ4n) is 1.41. The number of ether oxygens (including phenoxy) is 2. The molecule has 0 aromatic carbocycles. The minimum Gasteiger partial charge on any atom is -0.383 e. The molecule has 0 rings (SSSR count). The number of hydrogen-bond acceptors (Lipinski definition) is 4. The van der Waals surface area contributed by atoms with E-state index in [9.17, 15) is 4.79 Å². The molecule has 0 saturated carbocycles. The molecular formula is C13H27NO3. The molecule has 0 aromatic rings. The van der Waals surface area contributed by atoms with Crippen LogP contribution in [0.3, 0.4) is 0 Å². The van der Waals surface area contributed by atoms with Crippen LogP contribution in [0.4, 0.5) is 0 Å². The van der Waals surface area contributed by atoms with E-state index in [1.807, 2.05) is 20.8 Å². The average Bonchev–Trinajstić information content (AvgIpc) is 2.26. The van der Waals surface area contributed by atoms with Gasteiger partial charge in [-0.2, -0.15) is 0 Å². The zero-order chi connectivity index (χ0) is 13.3. The van der Waals surface area contributed by atoms with Crippen molar-refractivity contribution in [3.05, 3.63) is 0 Å². The summed E-state index contributed by atoms with van der Waals surface area (Å²) in [7, 11) is 3.38. The fraction of sp³-hybridized carbons (Fsp3) is 0.923. The summed E-state index contributed by atoms with van der Waals surface area (Å²) in [5.74, 6) is 0.303. The molecule has 17 heavy (non-hydrogen) atoms. The highest BCUT2D eigenvalue weighted by Crippen LogP contribution is 2.16. The van der Waals surface area contributed by atoms with Crippen molar-refractivity contribution in [2.75, 3.05) is 47.1 Å². The van der Waals surface area contributed by atoms with Gasteiger partial charge in [0.2, 0.25) is 0 Å². The number of carbonyl (C=O) groups excluding carboxylic acids is 1. The van der Waals surface area contributed by atoms with Gasteiger partial charge in [-0.3, -0.25) is 9.69 Å². The predicted molar refractivity (Wildman–Crippen MR) is 69.3 cm³/mol. The van der Waals surface area contributed by atoms with E-state index in [4.69, 9.17) is 9.47 Å². The second kappa shape index (κ2) is 8.61. The van der Waals surface area contributed by atoms with Crippen molar-refractivity contribution >= 4 is 5.78 Å². The molecule has 4 heteroatoms. The molecular weight excluding hydrogens is 218 g/mol. The molecule has 0 fully saturated rings. The van der Waals surface area contributed by atoms with E-state index in [1.54, 1.807) is 14.2 Å². The Bertz CT molecular complexity index is 203. The quantitative estimate of drug-likeness (QED) is 0.618. The van der Waals surface area contributed by atoms with Gasteiger partial charge in [-0.25, -0.2) is 0 Å². The molecule has 0 spiro atoms. The predicted octanol–water partition coefficient (Wildman–Crippen LogP) is 1.59. The highest BCUT2D eigenvalue weighted by Gasteiger charge is 2.21. The molecule has 0 aliphatic heterocycles. The normalized spacial score (nSPS) is 12.1. The summed E-state index contributed by atoms with van der Waals surface area (Å²) in [4.78, 5) is 14.0. The van der Waals surface area contributed by atoms with Gasteiger partial charge in [0, 0.05) is 45.7 Å². The molecule has 0 saturated heterocycles. The highest BCUT2D eigenvalue weighted by molar-refractivity contribution is 5.83. The van der Waals surface area contributed by atoms with Crippen molar-refractivity contribution in [1.82, 2.24) is 4.90 Å². The first-order valence-electron chi connectivity index (χ1n) is 6.15. The second-order valence-electron chi connectivity index (χ2n) is 5.25. The second-order valence-corrected chi connectivity index (χ2v) is 5.25. The molecule has 0 unspecified atom stereocenters. The summed E-state index contributed by atoms with van der Waals surface area (Å²) >= 11 is 0. The fourth-order valence-corrected chi connectivity index (χ4v) is 1.41. The van der Waals surface area contributed by atoms with Crippen LogP contribution in [0.5, 0.6) is 0 Å². The summed E-state index contributed by atoms with van der Waals surface area (Å²) in [6, 6.07) is 0. The maximum absolute atomic E-state index is 11.8. The van der Waals surface area contributed by atoms with Crippen molar-refractivity contribution in [1.29, 1.82) is 0 Å². The Kier molecular flexibility index (Phi) is 8.39. The zero-order valence-electron chi connectivity index (χ0n) is 11.9. The minimum absolute atomic E-state index is 0.242. The third-order valence-corrected chi connectivity index (χ3v) is 2.71. The Morgan fingerprint density at radius 1 is 1.00 bits per heavy atom. The maximum atomic E-state index is 11.8. The van der Waals surface area contributed by atoms with Gasteiger partial charge in [0.25, 0.3) is 0 Å². The third kappa shape index (κ3) is 8.30. The summed E-state index contributed by atoms with van der Waals surface area (Å²) in [5, 5.41) is 0. The minimum atomic E-state index is -0.242. The molecule has 0 aliphatic rings. The van der Waals surface area contributed by atoms with Crippen LogP contribution in [0.1, 0.15) is 27.2 Å². The van der Waals surface area contributed by atoms with Crippen LogP contribution in [0.2, 0.25) is 0 Å². The van der Waals surface area contributed by atoms with E-state index in [2.05, 4.69) is 4.90 Å². The van der Waals surface area contributed by atoms with Crippen molar-refractivity contribution in [2.24, 2.45) is 5.41 Å². The Morgan fingerprint density at radius 3 is 1.82 bits per heavy atom. The molecule has 0 bridgehead atoms. The number of hydrogen-bond donors (Lipinski definition) is 0. The summed E-state index contributed by atoms with van der Waals surface area (Å²) in [5.41, 5.74) is -0.242. The van der Waals surface area contributed by atoms with Gasteiger partial charge in [-0.1, -0.05) is 20.8 Å². The Labute approximate surface area is 105 Å². The monoisotopic (exact) mass is 245 g/mol. The van der Waals surface area contributed by atoms with Gasteiger partial charge in [0.1, 0.15) is 5.78 Å². The third-order valence-electron chi connectivity index (χ3n) is 2.71. The molecule has 4 nitrogen and oxygen atoms in total. The van der Waals surface area contributed by atoms with Crippen LogP contribution in [-0.2, 0) is 14.3 Å². The summed E-state index contributed by atoms with van der Waals surface area (Å²) < 4.78 is 10.1. The number of carbonyl (C=O) groups is 1. The van der Waals surface area contributed by atoms with Crippen molar-refractivity contribution < 1.29 is 14.3 Å². The van der Waals surface area contributed by atoms with Crippen molar-refractivity contribution in [3.63, 3.8) is 0 Å². The average molecular weight is 245 g/mol. The summed E-state index contributed by atoms with van der Waals surface area (Å²) in [6.07, 6.45) is 0.594. The Balaban J connectivity index is 4.01. The molecule has 0 aromatic heterocycles. The SMILES string of the molecule is COCCN(CCOC)CCC(=O)C(C)(C)C. The van der Waals surface area contributed by atoms with E-state index < -0.39 is 0 Å². The lowest BCUT2D eigenvalue weighted by atomic mass is 9.89. The summed E-state index contributed by atoms with van der Waals surface area (Å²) in [6.45, 7) is 9.73. The van der Waals surface area contributed by atoms with Gasteiger partial charge in [-0.05, 0) is 0 Å². The molecule has 0 aliphatic carbocycles. The van der Waals surface area contributed by atoms with Crippen LogP contribution >= 0.6 is 0 Å². The topological polar surface area (TPSA) is 38.8 Å². The molecule has 0 heterocycles. The largest absolute Gasteiger partial charge is 0.383 e. The molecule has 0 N–H and O–H groups in total.